The molecule has 1 saturated heterocycles. The van der Waals surface area contributed by atoms with E-state index in [4.69, 9.17) is 0 Å². The lowest BCUT2D eigenvalue weighted by atomic mass is 10.1. The summed E-state index contributed by atoms with van der Waals surface area (Å²) in [6.45, 7) is 1.93. The van der Waals surface area contributed by atoms with E-state index in [9.17, 15) is 10.1 Å². The molecule has 1 atom stereocenters. The third-order valence-electron chi connectivity index (χ3n) is 3.13. The molecule has 2 N–H and O–H groups in total. The van der Waals surface area contributed by atoms with E-state index in [0.29, 0.717) is 16.7 Å². The summed E-state index contributed by atoms with van der Waals surface area (Å²) in [4.78, 5) is 19.4. The van der Waals surface area contributed by atoms with Crippen LogP contribution in [0.4, 0.5) is 10.8 Å². The summed E-state index contributed by atoms with van der Waals surface area (Å²) in [7, 11) is 0. The van der Waals surface area contributed by atoms with Gasteiger partial charge in [0.2, 0.25) is 0 Å². The number of hydrogen-bond acceptors (Lipinski definition) is 7. The molecule has 8 heteroatoms. The first-order valence-corrected chi connectivity index (χ1v) is 6.92. The minimum absolute atomic E-state index is 0.0975. The van der Waals surface area contributed by atoms with Crippen molar-refractivity contribution in [3.05, 3.63) is 22.5 Å². The highest BCUT2D eigenvalue weighted by Crippen LogP contribution is 2.33. The van der Waals surface area contributed by atoms with E-state index in [1.54, 1.807) is 6.07 Å². The molecular formula is C11H13N5O2S. The molecule has 2 aromatic heterocycles. The van der Waals surface area contributed by atoms with Crippen LogP contribution in [0.2, 0.25) is 0 Å². The van der Waals surface area contributed by atoms with Crippen molar-refractivity contribution in [1.29, 1.82) is 0 Å². The van der Waals surface area contributed by atoms with Gasteiger partial charge in [-0.05, 0) is 30.7 Å². The van der Waals surface area contributed by atoms with Crippen LogP contribution in [-0.4, -0.2) is 34.0 Å². The van der Waals surface area contributed by atoms with Gasteiger partial charge in [-0.1, -0.05) is 0 Å². The smallest absolute Gasteiger partial charge is 0.326 e. The Morgan fingerprint density at radius 2 is 2.42 bits per heavy atom. The largest absolute Gasteiger partial charge is 0.365 e. The van der Waals surface area contributed by atoms with Crippen LogP contribution in [0, 0.1) is 10.1 Å². The van der Waals surface area contributed by atoms with E-state index < -0.39 is 4.92 Å². The summed E-state index contributed by atoms with van der Waals surface area (Å²) in [5.41, 5.74) is 0. The van der Waals surface area contributed by atoms with E-state index in [1.807, 2.05) is 0 Å². The van der Waals surface area contributed by atoms with Crippen LogP contribution in [0.15, 0.2) is 12.4 Å². The Balaban J connectivity index is 1.91. The molecule has 7 nitrogen and oxygen atoms in total. The molecule has 0 aliphatic carbocycles. The Kier molecular flexibility index (Phi) is 3.26. The highest BCUT2D eigenvalue weighted by Gasteiger charge is 2.18. The minimum Gasteiger partial charge on any atom is -0.365 e. The zero-order valence-corrected chi connectivity index (χ0v) is 10.9. The van der Waals surface area contributed by atoms with Crippen LogP contribution in [0.1, 0.15) is 12.8 Å². The number of nitro groups is 1. The molecule has 19 heavy (non-hydrogen) atoms. The van der Waals surface area contributed by atoms with E-state index in [2.05, 4.69) is 20.6 Å². The lowest BCUT2D eigenvalue weighted by Crippen LogP contribution is -2.38. The highest BCUT2D eigenvalue weighted by molar-refractivity contribution is 7.21. The van der Waals surface area contributed by atoms with Crippen molar-refractivity contribution in [1.82, 2.24) is 15.3 Å². The number of rotatable bonds is 3. The van der Waals surface area contributed by atoms with Crippen LogP contribution < -0.4 is 10.6 Å². The Hall–Kier alpha value is -1.80. The Morgan fingerprint density at radius 3 is 3.16 bits per heavy atom. The average Bonchev–Trinajstić information content (AvgIpc) is 2.85. The number of hydrogen-bond donors (Lipinski definition) is 2. The topological polar surface area (TPSA) is 93.0 Å². The summed E-state index contributed by atoms with van der Waals surface area (Å²) >= 11 is 1.08. The number of piperidine rings is 1. The lowest BCUT2D eigenvalue weighted by molar-refractivity contribution is -0.380. The van der Waals surface area contributed by atoms with E-state index in [1.165, 1.54) is 6.33 Å². The standard InChI is InChI=1S/C11H13N5O2S/c17-16(18)9-4-8-10(13-6-14-11(8)19-9)15-7-2-1-3-12-5-7/h4,6-7,12H,1-3,5H2,(H,13,14,15). The van der Waals surface area contributed by atoms with Gasteiger partial charge < -0.3 is 10.6 Å². The van der Waals surface area contributed by atoms with Crippen LogP contribution in [0.25, 0.3) is 10.2 Å². The van der Waals surface area contributed by atoms with E-state index >= 15 is 0 Å². The van der Waals surface area contributed by atoms with Gasteiger partial charge in [0.1, 0.15) is 17.0 Å². The number of fused-ring (bicyclic) bond motifs is 1. The van der Waals surface area contributed by atoms with Gasteiger partial charge in [-0.2, -0.15) is 0 Å². The number of thiophene rings is 1. The molecule has 1 fully saturated rings. The maximum atomic E-state index is 10.8. The first kappa shape index (κ1) is 12.2. The summed E-state index contributed by atoms with van der Waals surface area (Å²) in [6.07, 6.45) is 3.64. The molecule has 1 aliphatic rings. The van der Waals surface area contributed by atoms with Gasteiger partial charge in [0, 0.05) is 18.7 Å². The monoisotopic (exact) mass is 279 g/mol. The zero-order chi connectivity index (χ0) is 13.2. The van der Waals surface area contributed by atoms with Crippen LogP contribution in [0.5, 0.6) is 0 Å². The normalized spacial score (nSPS) is 19.5. The van der Waals surface area contributed by atoms with Crippen molar-refractivity contribution in [3.8, 4) is 0 Å². The number of aromatic nitrogens is 2. The predicted molar refractivity (Wildman–Crippen MR) is 73.6 cm³/mol. The number of nitrogens with one attached hydrogen (secondary N) is 2. The van der Waals surface area contributed by atoms with Crippen molar-refractivity contribution in [2.45, 2.75) is 18.9 Å². The van der Waals surface area contributed by atoms with Gasteiger partial charge >= 0.3 is 5.00 Å². The van der Waals surface area contributed by atoms with Gasteiger partial charge in [0.05, 0.1) is 10.3 Å². The maximum absolute atomic E-state index is 10.8. The quantitative estimate of drug-likeness (QED) is 0.657. The molecule has 100 valence electrons. The number of nitrogens with zero attached hydrogens (tertiary/aromatic N) is 3. The van der Waals surface area contributed by atoms with Crippen molar-refractivity contribution in [3.63, 3.8) is 0 Å². The predicted octanol–water partition coefficient (Wildman–Crippen LogP) is 1.76. The highest BCUT2D eigenvalue weighted by atomic mass is 32.1. The van der Waals surface area contributed by atoms with Crippen LogP contribution in [-0.2, 0) is 0 Å². The first-order valence-electron chi connectivity index (χ1n) is 6.10. The van der Waals surface area contributed by atoms with Gasteiger partial charge in [-0.3, -0.25) is 10.1 Å². The molecule has 0 radical (unpaired) electrons. The fraction of sp³-hybridized carbons (Fsp3) is 0.455. The lowest BCUT2D eigenvalue weighted by Gasteiger charge is -2.24. The third kappa shape index (κ3) is 2.49. The molecule has 1 aliphatic heterocycles. The number of anilines is 1. The Labute approximate surface area is 113 Å². The molecule has 0 spiro atoms. The van der Waals surface area contributed by atoms with Crippen LogP contribution >= 0.6 is 11.3 Å². The molecule has 0 aromatic carbocycles. The van der Waals surface area contributed by atoms with E-state index in [-0.39, 0.29) is 5.00 Å². The molecule has 0 bridgehead atoms. The average molecular weight is 279 g/mol. The summed E-state index contributed by atoms with van der Waals surface area (Å²) < 4.78 is 0. The summed E-state index contributed by atoms with van der Waals surface area (Å²) in [5, 5.41) is 18.3. The molecule has 0 saturated carbocycles. The van der Waals surface area contributed by atoms with Gasteiger partial charge in [0.25, 0.3) is 0 Å². The van der Waals surface area contributed by atoms with Gasteiger partial charge in [-0.25, -0.2) is 9.97 Å². The molecule has 3 heterocycles. The summed E-state index contributed by atoms with van der Waals surface area (Å²) in [5.74, 6) is 0.683. The molecule has 2 aromatic rings. The summed E-state index contributed by atoms with van der Waals surface area (Å²) in [6, 6.07) is 1.85. The SMILES string of the molecule is O=[N+]([O-])c1cc2c(NC3CCCNC3)ncnc2s1. The van der Waals surface area contributed by atoms with Crippen molar-refractivity contribution >= 4 is 32.4 Å². The molecule has 1 unspecified atom stereocenters. The second kappa shape index (κ2) is 5.06. The second-order valence-electron chi connectivity index (χ2n) is 4.47. The van der Waals surface area contributed by atoms with Crippen molar-refractivity contribution < 1.29 is 4.92 Å². The minimum atomic E-state index is -0.391. The molecule has 0 amide bonds. The Bertz CT molecular complexity index is 608. The first-order chi connectivity index (χ1) is 9.24. The zero-order valence-electron chi connectivity index (χ0n) is 10.1. The van der Waals surface area contributed by atoms with Crippen molar-refractivity contribution in [2.75, 3.05) is 18.4 Å². The third-order valence-corrected chi connectivity index (χ3v) is 4.13. The molecular weight excluding hydrogens is 266 g/mol. The van der Waals surface area contributed by atoms with Crippen molar-refractivity contribution in [2.24, 2.45) is 0 Å². The maximum Gasteiger partial charge on any atom is 0.326 e. The second-order valence-corrected chi connectivity index (χ2v) is 5.48. The van der Waals surface area contributed by atoms with Gasteiger partial charge in [0.15, 0.2) is 0 Å². The fourth-order valence-corrected chi connectivity index (χ4v) is 3.03. The fourth-order valence-electron chi connectivity index (χ4n) is 2.22. The van der Waals surface area contributed by atoms with Gasteiger partial charge in [-0.15, -0.1) is 0 Å². The molecule has 3 rings (SSSR count). The van der Waals surface area contributed by atoms with E-state index in [0.717, 1.165) is 42.7 Å². The Morgan fingerprint density at radius 1 is 1.53 bits per heavy atom. The van der Waals surface area contributed by atoms with Crippen LogP contribution in [0.3, 0.4) is 0 Å².